The van der Waals surface area contributed by atoms with Crippen LogP contribution in [0.5, 0.6) is 0 Å². The number of anilines is 1. The molecular weight excluding hydrogens is 286 g/mol. The molecule has 1 aromatic carbocycles. The number of amides is 1. The number of nitrogens with zero attached hydrogens (tertiary/aromatic N) is 2. The Morgan fingerprint density at radius 2 is 1.76 bits per heavy atom. The van der Waals surface area contributed by atoms with Gasteiger partial charge in [-0.1, -0.05) is 44.5 Å². The standard InChI is InChI=1S/C16H24ClN3O/c1-16(2,3)14(18)15(21)20-10-8-19(9-11-20)13-7-5-4-6-12(13)17/h4-7,14H,8-11,18H2,1-3H3/t14-/m0/s1. The minimum absolute atomic E-state index is 0.0429. The lowest BCUT2D eigenvalue weighted by atomic mass is 9.86. The first-order valence-corrected chi connectivity index (χ1v) is 7.72. The predicted octanol–water partition coefficient (Wildman–Crippen LogP) is 2.36. The first-order valence-electron chi connectivity index (χ1n) is 7.34. The SMILES string of the molecule is CC(C)(C)[C@@H](N)C(=O)N1CCN(c2ccccc2Cl)CC1. The lowest BCUT2D eigenvalue weighted by molar-refractivity contribution is -0.135. The molecule has 0 radical (unpaired) electrons. The molecule has 5 heteroatoms. The van der Waals surface area contributed by atoms with E-state index in [0.717, 1.165) is 23.8 Å². The fraction of sp³-hybridized carbons (Fsp3) is 0.562. The number of rotatable bonds is 2. The van der Waals surface area contributed by atoms with E-state index in [9.17, 15) is 4.79 Å². The molecule has 0 unspecified atom stereocenters. The summed E-state index contributed by atoms with van der Waals surface area (Å²) in [5.74, 6) is 0.0429. The first kappa shape index (κ1) is 16.1. The van der Waals surface area contributed by atoms with Crippen molar-refractivity contribution >= 4 is 23.2 Å². The lowest BCUT2D eigenvalue weighted by Crippen LogP contribution is -2.56. The van der Waals surface area contributed by atoms with Gasteiger partial charge in [0.1, 0.15) is 0 Å². The van der Waals surface area contributed by atoms with Crippen molar-refractivity contribution in [3.63, 3.8) is 0 Å². The smallest absolute Gasteiger partial charge is 0.240 e. The molecule has 4 nitrogen and oxygen atoms in total. The summed E-state index contributed by atoms with van der Waals surface area (Å²) in [4.78, 5) is 16.5. The summed E-state index contributed by atoms with van der Waals surface area (Å²) >= 11 is 6.22. The van der Waals surface area contributed by atoms with E-state index in [2.05, 4.69) is 4.90 Å². The van der Waals surface area contributed by atoms with Crippen LogP contribution in [-0.2, 0) is 4.79 Å². The van der Waals surface area contributed by atoms with Crippen LogP contribution < -0.4 is 10.6 Å². The van der Waals surface area contributed by atoms with Crippen molar-refractivity contribution in [2.45, 2.75) is 26.8 Å². The molecule has 0 aliphatic carbocycles. The van der Waals surface area contributed by atoms with E-state index >= 15 is 0 Å². The lowest BCUT2D eigenvalue weighted by Gasteiger charge is -2.39. The molecule has 0 spiro atoms. The van der Waals surface area contributed by atoms with Crippen LogP contribution in [0.15, 0.2) is 24.3 Å². The Morgan fingerprint density at radius 3 is 2.29 bits per heavy atom. The van der Waals surface area contributed by atoms with Gasteiger partial charge in [-0.2, -0.15) is 0 Å². The van der Waals surface area contributed by atoms with Crippen molar-refractivity contribution < 1.29 is 4.79 Å². The number of benzene rings is 1. The van der Waals surface area contributed by atoms with Crippen LogP contribution in [0.3, 0.4) is 0 Å². The van der Waals surface area contributed by atoms with Crippen LogP contribution in [-0.4, -0.2) is 43.0 Å². The van der Waals surface area contributed by atoms with Gasteiger partial charge in [0.05, 0.1) is 16.8 Å². The van der Waals surface area contributed by atoms with Gasteiger partial charge in [-0.25, -0.2) is 0 Å². The molecule has 2 N–H and O–H groups in total. The highest BCUT2D eigenvalue weighted by Crippen LogP contribution is 2.26. The predicted molar refractivity (Wildman–Crippen MR) is 87.7 cm³/mol. The molecule has 0 bridgehead atoms. The molecule has 0 aromatic heterocycles. The number of para-hydroxylation sites is 1. The maximum absolute atomic E-state index is 12.4. The van der Waals surface area contributed by atoms with Crippen molar-refractivity contribution in [1.82, 2.24) is 4.90 Å². The highest BCUT2D eigenvalue weighted by Gasteiger charge is 2.32. The topological polar surface area (TPSA) is 49.6 Å². The van der Waals surface area contributed by atoms with Crippen molar-refractivity contribution in [2.75, 3.05) is 31.1 Å². The Balaban J connectivity index is 1.98. The van der Waals surface area contributed by atoms with Gasteiger partial charge in [0.2, 0.25) is 5.91 Å². The van der Waals surface area contributed by atoms with Gasteiger partial charge in [-0.3, -0.25) is 4.79 Å². The molecule has 1 fully saturated rings. The van der Waals surface area contributed by atoms with Crippen LogP contribution in [0, 0.1) is 5.41 Å². The van der Waals surface area contributed by atoms with Crippen molar-refractivity contribution in [1.29, 1.82) is 0 Å². The van der Waals surface area contributed by atoms with Crippen LogP contribution in [0.1, 0.15) is 20.8 Å². The molecule has 21 heavy (non-hydrogen) atoms. The van der Waals surface area contributed by atoms with E-state index in [0.29, 0.717) is 13.1 Å². The molecule has 1 heterocycles. The largest absolute Gasteiger partial charge is 0.367 e. The minimum Gasteiger partial charge on any atom is -0.367 e. The first-order chi connectivity index (χ1) is 9.80. The Bertz CT molecular complexity index is 504. The summed E-state index contributed by atoms with van der Waals surface area (Å²) in [6.45, 7) is 8.93. The fourth-order valence-electron chi connectivity index (χ4n) is 2.44. The highest BCUT2D eigenvalue weighted by atomic mass is 35.5. The maximum atomic E-state index is 12.4. The zero-order chi connectivity index (χ0) is 15.6. The number of piperazine rings is 1. The third-order valence-corrected chi connectivity index (χ3v) is 4.30. The van der Waals surface area contributed by atoms with Crippen molar-refractivity contribution in [2.24, 2.45) is 11.1 Å². The molecule has 1 atom stereocenters. The third-order valence-electron chi connectivity index (χ3n) is 3.98. The maximum Gasteiger partial charge on any atom is 0.240 e. The molecule has 2 rings (SSSR count). The van der Waals surface area contributed by atoms with Crippen LogP contribution in [0.2, 0.25) is 5.02 Å². The number of halogens is 1. The third kappa shape index (κ3) is 3.69. The zero-order valence-corrected chi connectivity index (χ0v) is 13.7. The van der Waals surface area contributed by atoms with E-state index in [4.69, 9.17) is 17.3 Å². The Hall–Kier alpha value is -1.26. The summed E-state index contributed by atoms with van der Waals surface area (Å²) in [5, 5.41) is 0.753. The monoisotopic (exact) mass is 309 g/mol. The summed E-state index contributed by atoms with van der Waals surface area (Å²) in [5.41, 5.74) is 6.89. The quantitative estimate of drug-likeness (QED) is 0.912. The second-order valence-corrected chi connectivity index (χ2v) is 7.01. The zero-order valence-electron chi connectivity index (χ0n) is 13.0. The van der Waals surface area contributed by atoms with Gasteiger partial charge in [-0.05, 0) is 17.5 Å². The summed E-state index contributed by atoms with van der Waals surface area (Å²) in [6.07, 6.45) is 0. The molecule has 1 aliphatic heterocycles. The Labute approximate surface area is 131 Å². The van der Waals surface area contributed by atoms with Gasteiger partial charge < -0.3 is 15.5 Å². The van der Waals surface area contributed by atoms with Crippen LogP contribution in [0.25, 0.3) is 0 Å². The summed E-state index contributed by atoms with van der Waals surface area (Å²) in [6, 6.07) is 7.36. The molecular formula is C16H24ClN3O. The number of nitrogens with two attached hydrogens (primary N) is 1. The fourth-order valence-corrected chi connectivity index (χ4v) is 2.70. The molecule has 1 saturated heterocycles. The van der Waals surface area contributed by atoms with Crippen LogP contribution in [0.4, 0.5) is 5.69 Å². The summed E-state index contributed by atoms with van der Waals surface area (Å²) in [7, 11) is 0. The van der Waals surface area contributed by atoms with E-state index in [1.165, 1.54) is 0 Å². The number of hydrogen-bond acceptors (Lipinski definition) is 3. The number of hydrogen-bond donors (Lipinski definition) is 1. The van der Waals surface area contributed by atoms with Gasteiger partial charge in [-0.15, -0.1) is 0 Å². The summed E-state index contributed by atoms with van der Waals surface area (Å²) < 4.78 is 0. The second kappa shape index (κ2) is 6.24. The van der Waals surface area contributed by atoms with E-state index < -0.39 is 6.04 Å². The molecule has 1 aromatic rings. The normalized spacial score (nSPS) is 17.8. The van der Waals surface area contributed by atoms with Crippen LogP contribution >= 0.6 is 11.6 Å². The minimum atomic E-state index is -0.454. The molecule has 0 saturated carbocycles. The molecule has 116 valence electrons. The Kier molecular flexibility index (Phi) is 4.79. The van der Waals surface area contributed by atoms with E-state index in [1.54, 1.807) is 0 Å². The van der Waals surface area contributed by atoms with Gasteiger partial charge >= 0.3 is 0 Å². The average Bonchev–Trinajstić information content (AvgIpc) is 2.45. The van der Waals surface area contributed by atoms with E-state index in [-0.39, 0.29) is 11.3 Å². The highest BCUT2D eigenvalue weighted by molar-refractivity contribution is 6.33. The second-order valence-electron chi connectivity index (χ2n) is 6.61. The van der Waals surface area contributed by atoms with Crippen molar-refractivity contribution in [3.05, 3.63) is 29.3 Å². The van der Waals surface area contributed by atoms with Crippen molar-refractivity contribution in [3.8, 4) is 0 Å². The van der Waals surface area contributed by atoms with Gasteiger partial charge in [0.25, 0.3) is 0 Å². The molecule has 1 amide bonds. The average molecular weight is 310 g/mol. The number of carbonyl (C=O) groups excluding carboxylic acids is 1. The Morgan fingerprint density at radius 1 is 1.19 bits per heavy atom. The molecule has 1 aliphatic rings. The number of carbonyl (C=O) groups is 1. The van der Waals surface area contributed by atoms with E-state index in [1.807, 2.05) is 49.9 Å². The van der Waals surface area contributed by atoms with Gasteiger partial charge in [0.15, 0.2) is 0 Å². The van der Waals surface area contributed by atoms with Gasteiger partial charge in [0, 0.05) is 26.2 Å².